The Hall–Kier alpha value is -3.10. The lowest BCUT2D eigenvalue weighted by Gasteiger charge is -2.35. The number of aromatic amines is 1. The Morgan fingerprint density at radius 3 is 3.00 bits per heavy atom. The molecular formula is C21H23N5O3. The van der Waals surface area contributed by atoms with Crippen LogP contribution in [0.15, 0.2) is 36.7 Å². The molecule has 3 atom stereocenters. The molecule has 150 valence electrons. The number of nitrogens with one attached hydrogen (secondary N) is 1. The number of aromatic nitrogens is 3. The molecule has 1 aliphatic rings. The van der Waals surface area contributed by atoms with Crippen molar-refractivity contribution in [2.24, 2.45) is 0 Å². The Morgan fingerprint density at radius 1 is 1.48 bits per heavy atom. The summed E-state index contributed by atoms with van der Waals surface area (Å²) in [5, 5.41) is 11.4. The Balaban J connectivity index is 1.81. The summed E-state index contributed by atoms with van der Waals surface area (Å²) in [5.74, 6) is -0.821. The molecule has 1 aliphatic heterocycles. The quantitative estimate of drug-likeness (QED) is 0.561. The number of ketones is 1. The molecule has 3 unspecified atom stereocenters. The first-order valence-electron chi connectivity index (χ1n) is 9.43. The second-order valence-corrected chi connectivity index (χ2v) is 7.66. The highest BCUT2D eigenvalue weighted by molar-refractivity contribution is 5.93. The lowest BCUT2D eigenvalue weighted by molar-refractivity contribution is -0.129. The van der Waals surface area contributed by atoms with E-state index in [0.717, 1.165) is 22.9 Å². The van der Waals surface area contributed by atoms with Crippen LogP contribution in [0.3, 0.4) is 0 Å². The number of hydrogen-bond donors (Lipinski definition) is 3. The third-order valence-corrected chi connectivity index (χ3v) is 5.85. The lowest BCUT2D eigenvalue weighted by Crippen LogP contribution is -2.50. The molecule has 1 aromatic carbocycles. The number of H-pyrrole nitrogens is 1. The zero-order valence-electron chi connectivity index (χ0n) is 16.3. The first-order chi connectivity index (χ1) is 13.8. The number of nitrogen functional groups attached to an aromatic ring is 1. The molecule has 29 heavy (non-hydrogen) atoms. The van der Waals surface area contributed by atoms with Crippen LogP contribution in [0.4, 0.5) is 5.95 Å². The number of carbonyl (C=O) groups excluding carboxylic acids is 2. The molecule has 8 nitrogen and oxygen atoms in total. The number of rotatable bonds is 5. The summed E-state index contributed by atoms with van der Waals surface area (Å²) in [6.45, 7) is 2.00. The van der Waals surface area contributed by atoms with E-state index >= 15 is 0 Å². The number of benzene rings is 1. The molecule has 1 fully saturated rings. The van der Waals surface area contributed by atoms with Gasteiger partial charge in [0.15, 0.2) is 0 Å². The highest BCUT2D eigenvalue weighted by Gasteiger charge is 2.52. The van der Waals surface area contributed by atoms with Crippen LogP contribution in [0, 0.1) is 0 Å². The Morgan fingerprint density at radius 2 is 2.28 bits per heavy atom. The fourth-order valence-electron chi connectivity index (χ4n) is 4.47. The van der Waals surface area contributed by atoms with Crippen LogP contribution in [0.1, 0.15) is 24.8 Å². The van der Waals surface area contributed by atoms with Gasteiger partial charge in [-0.15, -0.1) is 0 Å². The lowest BCUT2D eigenvalue weighted by atomic mass is 9.75. The fraction of sp³-hybridized carbons (Fsp3) is 0.333. The van der Waals surface area contributed by atoms with Crippen LogP contribution >= 0.6 is 0 Å². The summed E-state index contributed by atoms with van der Waals surface area (Å²) in [6, 6.07) is 6.68. The van der Waals surface area contributed by atoms with E-state index in [9.17, 15) is 14.7 Å². The predicted octanol–water partition coefficient (Wildman–Crippen LogP) is 1.51. The van der Waals surface area contributed by atoms with E-state index in [-0.39, 0.29) is 11.7 Å². The molecule has 0 amide bonds. The van der Waals surface area contributed by atoms with E-state index < -0.39 is 17.6 Å². The summed E-state index contributed by atoms with van der Waals surface area (Å²) in [6.07, 6.45) is 4.51. The fourth-order valence-corrected chi connectivity index (χ4v) is 4.47. The monoisotopic (exact) mass is 393 g/mol. The van der Waals surface area contributed by atoms with Gasteiger partial charge in [0.05, 0.1) is 23.7 Å². The van der Waals surface area contributed by atoms with Crippen molar-refractivity contribution in [1.82, 2.24) is 19.9 Å². The van der Waals surface area contributed by atoms with Crippen molar-refractivity contribution < 1.29 is 14.7 Å². The van der Waals surface area contributed by atoms with Gasteiger partial charge in [-0.2, -0.15) is 0 Å². The van der Waals surface area contributed by atoms with Crippen molar-refractivity contribution in [2.75, 3.05) is 19.3 Å². The molecule has 0 aliphatic carbocycles. The second-order valence-electron chi connectivity index (χ2n) is 7.66. The number of fused-ring (bicyclic) bond motifs is 1. The number of nitrogens with zero attached hydrogens (tertiary/aromatic N) is 3. The minimum absolute atomic E-state index is 0.174. The van der Waals surface area contributed by atoms with E-state index in [1.54, 1.807) is 18.1 Å². The van der Waals surface area contributed by atoms with Crippen LogP contribution in [-0.2, 0) is 9.59 Å². The Kier molecular flexibility index (Phi) is 4.68. The summed E-state index contributed by atoms with van der Waals surface area (Å²) in [7, 11) is 1.78. The van der Waals surface area contributed by atoms with Gasteiger partial charge < -0.3 is 20.6 Å². The Labute approximate surface area is 167 Å². The van der Waals surface area contributed by atoms with Crippen molar-refractivity contribution in [3.8, 4) is 11.1 Å². The summed E-state index contributed by atoms with van der Waals surface area (Å²) in [4.78, 5) is 37.5. The van der Waals surface area contributed by atoms with Gasteiger partial charge in [0.25, 0.3) is 0 Å². The summed E-state index contributed by atoms with van der Waals surface area (Å²) in [5.41, 5.74) is 8.03. The molecule has 2 aromatic heterocycles. The van der Waals surface area contributed by atoms with Crippen LogP contribution in [0.5, 0.6) is 0 Å². The number of carbonyl (C=O) groups is 2. The number of hydrogen-bond acceptors (Lipinski definition) is 7. The zero-order chi connectivity index (χ0) is 20.8. The molecule has 4 rings (SSSR count). The zero-order valence-corrected chi connectivity index (χ0v) is 16.3. The van der Waals surface area contributed by atoms with E-state index in [0.29, 0.717) is 24.0 Å². The molecule has 0 bridgehead atoms. The SMILES string of the molecule is CC(=O)C(c1cccc(-c2c[nH]c3cnc(N)nc23)c1)C1(O)CCN(C)C1C=O. The van der Waals surface area contributed by atoms with Crippen LogP contribution in [-0.4, -0.2) is 62.3 Å². The molecule has 3 heterocycles. The van der Waals surface area contributed by atoms with Gasteiger partial charge >= 0.3 is 0 Å². The van der Waals surface area contributed by atoms with E-state index in [2.05, 4.69) is 15.0 Å². The molecule has 1 saturated heterocycles. The van der Waals surface area contributed by atoms with Crippen molar-refractivity contribution >= 4 is 29.1 Å². The van der Waals surface area contributed by atoms with Crippen molar-refractivity contribution in [3.63, 3.8) is 0 Å². The molecular weight excluding hydrogens is 370 g/mol. The third kappa shape index (κ3) is 3.10. The highest BCUT2D eigenvalue weighted by atomic mass is 16.3. The first-order valence-corrected chi connectivity index (χ1v) is 9.43. The second kappa shape index (κ2) is 7.06. The summed E-state index contributed by atoms with van der Waals surface area (Å²) < 4.78 is 0. The number of anilines is 1. The smallest absolute Gasteiger partial charge is 0.220 e. The number of likely N-dealkylation sites (N-methyl/N-ethyl adjacent to an activating group) is 1. The number of Topliss-reactive ketones (excluding diaryl/α,β-unsaturated/α-hetero) is 1. The number of nitrogens with two attached hydrogens (primary N) is 1. The molecule has 0 radical (unpaired) electrons. The predicted molar refractivity (Wildman–Crippen MR) is 109 cm³/mol. The molecule has 8 heteroatoms. The van der Waals surface area contributed by atoms with Crippen LogP contribution in [0.25, 0.3) is 22.2 Å². The first kappa shape index (κ1) is 19.2. The maximum absolute atomic E-state index is 12.6. The number of aldehydes is 1. The van der Waals surface area contributed by atoms with Gasteiger partial charge in [-0.05, 0) is 31.5 Å². The molecule has 3 aromatic rings. The molecule has 4 N–H and O–H groups in total. The maximum Gasteiger partial charge on any atom is 0.220 e. The maximum atomic E-state index is 12.6. The average Bonchev–Trinajstić information content (AvgIpc) is 3.22. The van der Waals surface area contributed by atoms with Gasteiger partial charge in [-0.1, -0.05) is 24.3 Å². The standard InChI is InChI=1S/C21H23N5O3/c1-12(28)18(21(29)6-7-26(2)17(21)11-27)14-5-3-4-13(8-14)15-9-23-16-10-24-20(22)25-19(15)16/h3-5,8-11,17-18,23,29H,6-7H2,1-2H3,(H2,22,24,25). The van der Waals surface area contributed by atoms with Gasteiger partial charge in [0.2, 0.25) is 5.95 Å². The van der Waals surface area contributed by atoms with Gasteiger partial charge in [0.1, 0.15) is 23.2 Å². The van der Waals surface area contributed by atoms with Crippen LogP contribution in [0.2, 0.25) is 0 Å². The average molecular weight is 393 g/mol. The molecule has 0 saturated carbocycles. The topological polar surface area (TPSA) is 125 Å². The minimum atomic E-state index is -1.45. The highest BCUT2D eigenvalue weighted by Crippen LogP contribution is 2.41. The van der Waals surface area contributed by atoms with Gasteiger partial charge in [-0.3, -0.25) is 9.69 Å². The van der Waals surface area contributed by atoms with Gasteiger partial charge in [-0.25, -0.2) is 9.97 Å². The van der Waals surface area contributed by atoms with E-state index in [1.165, 1.54) is 6.92 Å². The minimum Gasteiger partial charge on any atom is -0.387 e. The summed E-state index contributed by atoms with van der Waals surface area (Å²) >= 11 is 0. The van der Waals surface area contributed by atoms with E-state index in [4.69, 9.17) is 5.73 Å². The third-order valence-electron chi connectivity index (χ3n) is 5.85. The Bertz CT molecular complexity index is 1090. The van der Waals surface area contributed by atoms with Crippen LogP contribution < -0.4 is 5.73 Å². The molecule has 0 spiro atoms. The normalized spacial score (nSPS) is 23.3. The van der Waals surface area contributed by atoms with Crippen molar-refractivity contribution in [1.29, 1.82) is 0 Å². The van der Waals surface area contributed by atoms with Crippen molar-refractivity contribution in [3.05, 3.63) is 42.2 Å². The van der Waals surface area contributed by atoms with Crippen molar-refractivity contribution in [2.45, 2.75) is 30.9 Å². The number of likely N-dealkylation sites (tertiary alicyclic amines) is 1. The number of aliphatic hydroxyl groups is 1. The van der Waals surface area contributed by atoms with Gasteiger partial charge in [0, 0.05) is 18.3 Å². The largest absolute Gasteiger partial charge is 0.387 e. The van der Waals surface area contributed by atoms with E-state index in [1.807, 2.05) is 30.5 Å².